The number of nitrogens with zero attached hydrogens (tertiary/aromatic N) is 1. The molecule has 4 fully saturated rings. The Bertz CT molecular complexity index is 651. The number of allylic oxidation sites excluding steroid dienone is 1. The summed E-state index contributed by atoms with van der Waals surface area (Å²) in [4.78, 5) is 12.0. The first kappa shape index (κ1) is 15.2. The third kappa shape index (κ3) is 1.91. The Kier molecular flexibility index (Phi) is 3.14. The van der Waals surface area contributed by atoms with Crippen LogP contribution < -0.4 is 0 Å². The number of hydrogen-bond acceptors (Lipinski definition) is 2. The largest absolute Gasteiger partial charge is 0.295 e. The third-order valence-corrected chi connectivity index (χ3v) is 9.05. The number of ketones is 1. The lowest BCUT2D eigenvalue weighted by molar-refractivity contribution is -0.116. The molecule has 0 aromatic carbocycles. The van der Waals surface area contributed by atoms with E-state index in [0.29, 0.717) is 28.4 Å². The first-order chi connectivity index (χ1) is 11.6. The molecule has 6 unspecified atom stereocenters. The van der Waals surface area contributed by atoms with E-state index in [2.05, 4.69) is 19.1 Å². The topological polar surface area (TPSA) is 40.9 Å². The third-order valence-electron chi connectivity index (χ3n) is 9.05. The molecule has 0 radical (unpaired) electrons. The van der Waals surface area contributed by atoms with Crippen molar-refractivity contribution < 1.29 is 4.79 Å². The molecule has 2 heteroatoms. The summed E-state index contributed by atoms with van der Waals surface area (Å²) in [6.45, 7) is 2.51. The van der Waals surface area contributed by atoms with Crippen LogP contribution in [0, 0.1) is 51.8 Å². The Hall–Kier alpha value is -1.10. The molecule has 0 N–H and O–H groups in total. The highest BCUT2D eigenvalue weighted by Crippen LogP contribution is 2.71. The Morgan fingerprint density at radius 1 is 1.17 bits per heavy atom. The molecule has 24 heavy (non-hydrogen) atoms. The van der Waals surface area contributed by atoms with Gasteiger partial charge < -0.3 is 0 Å². The van der Waals surface area contributed by atoms with Crippen LogP contribution in [0.2, 0.25) is 0 Å². The molecule has 6 atom stereocenters. The van der Waals surface area contributed by atoms with E-state index >= 15 is 0 Å². The lowest BCUT2D eigenvalue weighted by Crippen LogP contribution is -2.48. The molecule has 0 heterocycles. The molecule has 5 aliphatic rings. The van der Waals surface area contributed by atoms with Crippen molar-refractivity contribution in [3.05, 3.63) is 11.6 Å². The lowest BCUT2D eigenvalue weighted by Gasteiger charge is -2.56. The summed E-state index contributed by atoms with van der Waals surface area (Å²) >= 11 is 0. The van der Waals surface area contributed by atoms with Gasteiger partial charge in [0.15, 0.2) is 5.78 Å². The van der Waals surface area contributed by atoms with Gasteiger partial charge in [0.25, 0.3) is 0 Å². The van der Waals surface area contributed by atoms with Gasteiger partial charge in [-0.05, 0) is 97.9 Å². The summed E-state index contributed by atoms with van der Waals surface area (Å²) in [6, 6.07) is 2.47. The van der Waals surface area contributed by atoms with Crippen LogP contribution in [0.15, 0.2) is 11.6 Å². The quantitative estimate of drug-likeness (QED) is 0.677. The second-order valence-corrected chi connectivity index (χ2v) is 9.81. The molecular weight excluding hydrogens is 294 g/mol. The van der Waals surface area contributed by atoms with E-state index in [-0.39, 0.29) is 0 Å². The van der Waals surface area contributed by atoms with Gasteiger partial charge in [0, 0.05) is 12.8 Å². The highest BCUT2D eigenvalue weighted by atomic mass is 16.1. The van der Waals surface area contributed by atoms with Crippen molar-refractivity contribution in [1.82, 2.24) is 0 Å². The van der Waals surface area contributed by atoms with E-state index in [0.717, 1.165) is 37.0 Å². The summed E-state index contributed by atoms with van der Waals surface area (Å²) in [5.41, 5.74) is 2.42. The van der Waals surface area contributed by atoms with Crippen LogP contribution in [0.4, 0.5) is 0 Å². The molecule has 5 rings (SSSR count). The van der Waals surface area contributed by atoms with Gasteiger partial charge in [-0.15, -0.1) is 0 Å². The van der Waals surface area contributed by atoms with Crippen molar-refractivity contribution in [3.8, 4) is 6.07 Å². The highest BCUT2D eigenvalue weighted by molar-refractivity contribution is 5.91. The second kappa shape index (κ2) is 4.96. The monoisotopic (exact) mass is 323 g/mol. The van der Waals surface area contributed by atoms with Crippen LogP contribution in [-0.4, -0.2) is 5.78 Å². The fourth-order valence-corrected chi connectivity index (χ4v) is 7.67. The van der Waals surface area contributed by atoms with Gasteiger partial charge in [-0.2, -0.15) is 5.26 Å². The van der Waals surface area contributed by atoms with E-state index in [1.807, 2.05) is 0 Å². The van der Waals surface area contributed by atoms with Crippen molar-refractivity contribution in [2.45, 2.75) is 71.1 Å². The van der Waals surface area contributed by atoms with Crippen LogP contribution >= 0.6 is 0 Å². The first-order valence-electron chi connectivity index (χ1n) is 10.2. The molecule has 0 aromatic heterocycles. The fraction of sp³-hybridized carbons (Fsp3) is 0.818. The smallest absolute Gasteiger partial charge is 0.155 e. The Morgan fingerprint density at radius 2 is 2.00 bits per heavy atom. The second-order valence-electron chi connectivity index (χ2n) is 9.81. The average molecular weight is 323 g/mol. The molecule has 128 valence electrons. The molecule has 0 bridgehead atoms. The number of carbonyl (C=O) groups excluding carboxylic acids is 1. The van der Waals surface area contributed by atoms with E-state index in [1.54, 1.807) is 5.57 Å². The van der Waals surface area contributed by atoms with Crippen LogP contribution in [0.3, 0.4) is 0 Å². The molecule has 0 aliphatic heterocycles. The summed E-state index contributed by atoms with van der Waals surface area (Å²) in [7, 11) is 0. The van der Waals surface area contributed by atoms with Gasteiger partial charge in [-0.25, -0.2) is 0 Å². The van der Waals surface area contributed by atoms with Gasteiger partial charge in [0.2, 0.25) is 0 Å². The maximum Gasteiger partial charge on any atom is 0.155 e. The normalized spacial score (nSPS) is 48.1. The van der Waals surface area contributed by atoms with Gasteiger partial charge in [-0.1, -0.05) is 12.5 Å². The Balaban J connectivity index is 1.49. The predicted molar refractivity (Wildman–Crippen MR) is 92.9 cm³/mol. The van der Waals surface area contributed by atoms with Crippen LogP contribution in [-0.2, 0) is 4.79 Å². The average Bonchev–Trinajstić information content (AvgIpc) is 3.25. The van der Waals surface area contributed by atoms with Crippen molar-refractivity contribution in [1.29, 1.82) is 5.26 Å². The van der Waals surface area contributed by atoms with E-state index < -0.39 is 0 Å². The molecule has 1 spiro atoms. The highest BCUT2D eigenvalue weighted by Gasteiger charge is 2.62. The molecule has 0 saturated heterocycles. The summed E-state index contributed by atoms with van der Waals surface area (Å²) in [6.07, 6.45) is 14.0. The fourth-order valence-electron chi connectivity index (χ4n) is 7.67. The SMILES string of the molecule is CC12CCC3C4CCC(=O)C=C4C4(CC4)CC3C1CCC2CC#N. The first-order valence-corrected chi connectivity index (χ1v) is 10.2. The Labute approximate surface area is 145 Å². The lowest BCUT2D eigenvalue weighted by atomic mass is 9.49. The van der Waals surface area contributed by atoms with Crippen LogP contribution in [0.25, 0.3) is 0 Å². The van der Waals surface area contributed by atoms with Gasteiger partial charge >= 0.3 is 0 Å². The minimum Gasteiger partial charge on any atom is -0.295 e. The minimum atomic E-state index is 0.390. The number of carbonyl (C=O) groups is 1. The van der Waals surface area contributed by atoms with Crippen LogP contribution in [0.1, 0.15) is 71.1 Å². The standard InChI is InChI=1S/C22H29NO/c1-21-8-6-16-17-4-3-15(24)12-20(17)22(9-10-22)13-18(16)19(21)5-2-14(21)7-11-23/h12,14,16-19H,2-10,13H2,1H3. The Morgan fingerprint density at radius 3 is 2.75 bits per heavy atom. The van der Waals surface area contributed by atoms with E-state index in [4.69, 9.17) is 0 Å². The van der Waals surface area contributed by atoms with Gasteiger partial charge in [0.1, 0.15) is 0 Å². The van der Waals surface area contributed by atoms with E-state index in [9.17, 15) is 10.1 Å². The number of nitriles is 1. The van der Waals surface area contributed by atoms with Gasteiger partial charge in [0.05, 0.1) is 6.07 Å². The van der Waals surface area contributed by atoms with Crippen molar-refractivity contribution in [2.24, 2.45) is 40.4 Å². The van der Waals surface area contributed by atoms with E-state index in [1.165, 1.54) is 44.9 Å². The van der Waals surface area contributed by atoms with Crippen molar-refractivity contribution >= 4 is 5.78 Å². The number of rotatable bonds is 1. The zero-order valence-corrected chi connectivity index (χ0v) is 14.9. The molecule has 5 aliphatic carbocycles. The molecule has 0 aromatic rings. The number of fused-ring (bicyclic) bond motifs is 6. The summed E-state index contributed by atoms with van der Waals surface area (Å²) in [5, 5.41) is 9.25. The van der Waals surface area contributed by atoms with Crippen molar-refractivity contribution in [3.63, 3.8) is 0 Å². The van der Waals surface area contributed by atoms with Crippen LogP contribution in [0.5, 0.6) is 0 Å². The molecule has 4 saturated carbocycles. The maximum absolute atomic E-state index is 12.0. The number of hydrogen-bond donors (Lipinski definition) is 0. The molecule has 0 amide bonds. The van der Waals surface area contributed by atoms with Crippen molar-refractivity contribution in [2.75, 3.05) is 0 Å². The summed E-state index contributed by atoms with van der Waals surface area (Å²) < 4.78 is 0. The zero-order chi connectivity index (χ0) is 16.5. The summed E-state index contributed by atoms with van der Waals surface area (Å²) in [5.74, 6) is 4.27. The molecular formula is C22H29NO. The van der Waals surface area contributed by atoms with Gasteiger partial charge in [-0.3, -0.25) is 4.79 Å². The maximum atomic E-state index is 12.0. The molecule has 2 nitrogen and oxygen atoms in total. The predicted octanol–water partition coefficient (Wildman–Crippen LogP) is 5.05. The minimum absolute atomic E-state index is 0.390. The zero-order valence-electron chi connectivity index (χ0n) is 14.9.